The van der Waals surface area contributed by atoms with Gasteiger partial charge in [-0.1, -0.05) is 55.8 Å². The quantitative estimate of drug-likeness (QED) is 0.0658. The van der Waals surface area contributed by atoms with Crippen molar-refractivity contribution in [2.45, 2.75) is 82.3 Å². The van der Waals surface area contributed by atoms with Crippen LogP contribution in [0.3, 0.4) is 0 Å². The zero-order chi connectivity index (χ0) is 65.3. The number of pyridine rings is 1. The summed E-state index contributed by atoms with van der Waals surface area (Å²) in [4.78, 5) is 129. The molecule has 0 aliphatic carbocycles. The van der Waals surface area contributed by atoms with E-state index in [-0.39, 0.29) is 58.1 Å². The molecule has 3 saturated heterocycles. The molecule has 1 unspecified atom stereocenters. The number of carbonyl (C=O) groups is 6. The maximum atomic E-state index is 15.2. The number of hydrogen-bond donors (Lipinski definition) is 7. The van der Waals surface area contributed by atoms with E-state index in [4.69, 9.17) is 30.7 Å². The number of amides is 6. The number of nitrogens with two attached hydrogens (primary N) is 1. The first-order valence-corrected chi connectivity index (χ1v) is 35.9. The molecule has 7 aromatic heterocycles. The summed E-state index contributed by atoms with van der Waals surface area (Å²) in [6.45, 7) is 10.5. The van der Waals surface area contributed by atoms with Gasteiger partial charge in [-0.05, 0) is 68.2 Å². The number of piperazine rings is 1. The number of nitrogens with zero attached hydrogens (tertiary/aromatic N) is 11. The van der Waals surface area contributed by atoms with Crippen LogP contribution in [0.2, 0.25) is 0 Å². The minimum Gasteiger partial charge on any atom is -0.508 e. The van der Waals surface area contributed by atoms with E-state index in [1.165, 1.54) is 87.0 Å². The number of thiazole rings is 6. The number of phenols is 1. The number of fused-ring (bicyclic) bond motifs is 16. The van der Waals surface area contributed by atoms with Gasteiger partial charge in [-0.3, -0.25) is 33.7 Å². The number of aliphatic hydroxyl groups is 2. The van der Waals surface area contributed by atoms with E-state index < -0.39 is 71.8 Å². The number of aromatic nitrogens is 7. The summed E-state index contributed by atoms with van der Waals surface area (Å²) in [5.41, 5.74) is 9.24. The van der Waals surface area contributed by atoms with Crippen LogP contribution in [0.5, 0.6) is 5.75 Å². The minimum absolute atomic E-state index is 0.000667. The number of piperidine rings is 1. The van der Waals surface area contributed by atoms with Gasteiger partial charge in [0, 0.05) is 95.5 Å². The van der Waals surface area contributed by atoms with E-state index in [2.05, 4.69) is 35.7 Å². The Morgan fingerprint density at radius 2 is 1.27 bits per heavy atom. The summed E-state index contributed by atoms with van der Waals surface area (Å²) in [5, 5.41) is 53.1. The van der Waals surface area contributed by atoms with E-state index in [9.17, 15) is 39.3 Å². The predicted molar refractivity (Wildman–Crippen MR) is 359 cm³/mol. The van der Waals surface area contributed by atoms with Crippen LogP contribution in [0.15, 0.2) is 93.6 Å². The second-order valence-corrected chi connectivity index (χ2v) is 29.2. The average Bonchev–Trinajstić information content (AvgIpc) is 1.62. The number of aliphatic hydroxyl groups excluding tert-OH is 2. The van der Waals surface area contributed by atoms with Crippen molar-refractivity contribution in [3.8, 4) is 49.1 Å². The topological polar surface area (TPSA) is 328 Å². The Balaban J connectivity index is 0.856. The summed E-state index contributed by atoms with van der Waals surface area (Å²) in [7, 11) is 0. The van der Waals surface area contributed by atoms with Crippen LogP contribution in [-0.2, 0) is 16.0 Å². The molecule has 3 fully saturated rings. The molecule has 24 nitrogen and oxygen atoms in total. The first-order valence-electron chi connectivity index (χ1n) is 30.7. The van der Waals surface area contributed by atoms with Gasteiger partial charge < -0.3 is 51.7 Å². The third kappa shape index (κ3) is 14.0. The first-order chi connectivity index (χ1) is 45.5. The second kappa shape index (κ2) is 28.0. The molecule has 7 atom stereocenters. The molecule has 30 heteroatoms. The van der Waals surface area contributed by atoms with Crippen molar-refractivity contribution in [2.75, 3.05) is 58.9 Å². The average molecular weight is 1380 g/mol. The van der Waals surface area contributed by atoms with Crippen molar-refractivity contribution in [2.24, 2.45) is 11.7 Å². The highest BCUT2D eigenvalue weighted by molar-refractivity contribution is 7.15. The Bertz CT molecular complexity index is 4270. The van der Waals surface area contributed by atoms with E-state index in [1.54, 1.807) is 66.2 Å². The van der Waals surface area contributed by atoms with Crippen LogP contribution in [0.4, 0.5) is 0 Å². The third-order valence-electron chi connectivity index (χ3n) is 17.3. The van der Waals surface area contributed by atoms with Gasteiger partial charge >= 0.3 is 0 Å². The third-order valence-corrected chi connectivity index (χ3v) is 22.8. The Kier molecular flexibility index (Phi) is 19.2. The Hall–Kier alpha value is -8.17. The van der Waals surface area contributed by atoms with Gasteiger partial charge in [-0.15, -0.1) is 68.0 Å². The molecule has 10 bridgehead atoms. The number of rotatable bonds is 11. The maximum absolute atomic E-state index is 15.2. The zero-order valence-corrected chi connectivity index (χ0v) is 55.8. The number of carbonyl (C=O) groups excluding carboxylic acids is 6. The van der Waals surface area contributed by atoms with Gasteiger partial charge in [-0.25, -0.2) is 34.9 Å². The van der Waals surface area contributed by atoms with E-state index in [0.29, 0.717) is 83.2 Å². The number of phenolic OH excluding ortho intramolecular Hbond substituents is 1. The van der Waals surface area contributed by atoms with Crippen LogP contribution in [0, 0.1) is 12.8 Å². The second-order valence-electron chi connectivity index (χ2n) is 23.6. The lowest BCUT2D eigenvalue weighted by molar-refractivity contribution is -0.134. The number of nitrogens with one attached hydrogen (secondary N) is 3. The van der Waals surface area contributed by atoms with E-state index in [1.807, 2.05) is 28.7 Å². The summed E-state index contributed by atoms with van der Waals surface area (Å²) >= 11 is 7.12. The molecule has 0 radical (unpaired) electrons. The smallest absolute Gasteiger partial charge is 0.273 e. The molecule has 486 valence electrons. The van der Waals surface area contributed by atoms with E-state index >= 15 is 4.79 Å². The van der Waals surface area contributed by atoms with Crippen LogP contribution in [0.25, 0.3) is 43.4 Å². The summed E-state index contributed by atoms with van der Waals surface area (Å²) in [5.74, 6) is -4.08. The Morgan fingerprint density at radius 1 is 0.628 bits per heavy atom. The van der Waals surface area contributed by atoms with Crippen molar-refractivity contribution < 1.29 is 44.1 Å². The molecule has 4 aliphatic rings. The number of aryl methyl sites for hydroxylation is 1. The van der Waals surface area contributed by atoms with Gasteiger partial charge in [0.25, 0.3) is 23.6 Å². The molecule has 9 aromatic rings. The number of likely N-dealkylation sites (tertiary alicyclic amines) is 1. The Morgan fingerprint density at radius 3 is 2.02 bits per heavy atom. The fraction of sp³-hybridized carbons (Fsp3) is 0.359. The summed E-state index contributed by atoms with van der Waals surface area (Å²) in [6.07, 6.45) is 0.997. The summed E-state index contributed by atoms with van der Waals surface area (Å²) in [6, 6.07) is 14.0. The fourth-order valence-corrected chi connectivity index (χ4v) is 17.4. The highest BCUT2D eigenvalue weighted by atomic mass is 32.1. The van der Waals surface area contributed by atoms with Crippen molar-refractivity contribution >= 4 is 103 Å². The lowest BCUT2D eigenvalue weighted by Crippen LogP contribution is -2.50. The molecule has 2 aromatic carbocycles. The number of primary amides is 1. The van der Waals surface area contributed by atoms with Gasteiger partial charge in [0.2, 0.25) is 11.8 Å². The molecule has 94 heavy (non-hydrogen) atoms. The van der Waals surface area contributed by atoms with Crippen molar-refractivity contribution in [3.05, 3.63) is 147 Å². The van der Waals surface area contributed by atoms with E-state index in [0.717, 1.165) is 61.9 Å². The largest absolute Gasteiger partial charge is 0.508 e. The molecule has 4 aliphatic heterocycles. The van der Waals surface area contributed by atoms with Crippen LogP contribution >= 0.6 is 68.0 Å². The van der Waals surface area contributed by atoms with Crippen molar-refractivity contribution in [1.29, 1.82) is 0 Å². The number of aromatic hydroxyl groups is 1. The van der Waals surface area contributed by atoms with Crippen LogP contribution in [0.1, 0.15) is 130 Å². The lowest BCUT2D eigenvalue weighted by Gasteiger charge is -2.36. The predicted octanol–water partition coefficient (Wildman–Crippen LogP) is 7.53. The molecule has 0 spiro atoms. The first kappa shape index (κ1) is 64.5. The van der Waals surface area contributed by atoms with Gasteiger partial charge in [0.05, 0.1) is 30.3 Å². The SMILES string of the molecule is Cc1sc2nc1C(=O)N[C@@H]([C@H](O)c1ccccc1)c1nc(cs1)C(=O)NC(Cc1ccc(O)cc1)C(=O)N1C[C@H](O)[C@H](C)[C@H]1c1nc(cs1)-c1nc(cs1)-c1nc(-c3nc(C(=O)N4CCN(CCN5CCCCC5)CC4)cs3)ccc1-c1nc(cs1)C(=O)N[C@H]2CC(N)=O. The Labute approximate surface area is 563 Å². The molecular formula is C64H65N15O9S6. The molecule has 13 rings (SSSR count). The number of benzene rings is 2. The van der Waals surface area contributed by atoms with Gasteiger partial charge in [0.1, 0.15) is 93.8 Å². The van der Waals surface area contributed by atoms with Gasteiger partial charge in [-0.2, -0.15) is 0 Å². The molecule has 11 heterocycles. The minimum atomic E-state index is -1.41. The normalized spacial score (nSPS) is 21.3. The highest BCUT2D eigenvalue weighted by Gasteiger charge is 2.46. The molecule has 8 N–H and O–H groups in total. The number of hydrogen-bond acceptors (Lipinski definition) is 24. The monoisotopic (exact) mass is 1380 g/mol. The lowest BCUT2D eigenvalue weighted by atomic mass is 10.00. The molecular weight excluding hydrogens is 1320 g/mol. The zero-order valence-electron chi connectivity index (χ0n) is 50.9. The van der Waals surface area contributed by atoms with Crippen molar-refractivity contribution in [3.63, 3.8) is 0 Å². The van der Waals surface area contributed by atoms with Crippen LogP contribution in [-0.4, -0.2) is 176 Å². The highest BCUT2D eigenvalue weighted by Crippen LogP contribution is 2.43. The van der Waals surface area contributed by atoms with Gasteiger partial charge in [0.15, 0.2) is 0 Å². The van der Waals surface area contributed by atoms with Crippen LogP contribution < -0.4 is 21.7 Å². The molecule has 6 amide bonds. The fourth-order valence-electron chi connectivity index (χ4n) is 12.1. The summed E-state index contributed by atoms with van der Waals surface area (Å²) < 4.78 is 0. The van der Waals surface area contributed by atoms with Crippen molar-refractivity contribution in [1.82, 2.24) is 70.4 Å². The standard InChI is InChI=1S/C64H65N15O9S6/c1-33-47(81)27-79-52(33)62-72-45(31-93-62)59-69-42(28-90-59)50-38(15-16-39(66-50)58-73-46(32-91-58)63(87)78-23-21-77(22-24-78)20-19-76-17-7-4-8-18-76)57-70-43(29-89-57)54(84)67-40(26-48(65)82)60-75-49(34(2)94-60)56(86)74-51(53(83)36-9-5-3-6-10-36)61-71-44(30-92-61)55(85)68-41(64(79)88)25-35-11-13-37(80)14-12-35/h3,5-6,9-16,28-33,40-41,47,51-53,80-81,83H,4,7-8,17-27H2,1-2H3,(H2,65,82)(H,67,84)(H,68,85)(H,74,86)/t33-,40-,41?,47-,51-,52-,53+/m0/s1. The maximum Gasteiger partial charge on any atom is 0.273 e. The molecule has 0 saturated carbocycles.